The van der Waals surface area contributed by atoms with Gasteiger partial charge >= 0.3 is 0 Å². The Balaban J connectivity index is 2.02. The first kappa shape index (κ1) is 15.4. The van der Waals surface area contributed by atoms with Crippen LogP contribution >= 0.6 is 27.3 Å². The molecule has 19 heavy (non-hydrogen) atoms. The van der Waals surface area contributed by atoms with Crippen molar-refractivity contribution < 1.29 is 17.9 Å². The Hall–Kier alpha value is -0.0300. The Kier molecular flexibility index (Phi) is 5.35. The fourth-order valence-corrected chi connectivity index (χ4v) is 5.24. The molecule has 1 fully saturated rings. The number of sulfonamides is 1. The van der Waals surface area contributed by atoms with Gasteiger partial charge in [-0.25, -0.2) is 13.1 Å². The fourth-order valence-electron chi connectivity index (χ4n) is 1.62. The van der Waals surface area contributed by atoms with Gasteiger partial charge in [0.25, 0.3) is 0 Å². The van der Waals surface area contributed by atoms with Crippen LogP contribution in [0, 0.1) is 0 Å². The van der Waals surface area contributed by atoms with Crippen molar-refractivity contribution in [2.24, 2.45) is 5.73 Å². The molecule has 1 unspecified atom stereocenters. The number of hydrogen-bond donors (Lipinski definition) is 2. The van der Waals surface area contributed by atoms with Gasteiger partial charge in [-0.2, -0.15) is 0 Å². The molecule has 3 N–H and O–H groups in total. The van der Waals surface area contributed by atoms with E-state index >= 15 is 0 Å². The molecule has 1 atom stereocenters. The van der Waals surface area contributed by atoms with Crippen molar-refractivity contribution in [2.75, 3.05) is 26.4 Å². The molecule has 0 aromatic carbocycles. The molecule has 1 aromatic rings. The topological polar surface area (TPSA) is 90.7 Å². The summed E-state index contributed by atoms with van der Waals surface area (Å²) in [5.41, 5.74) is 5.50. The van der Waals surface area contributed by atoms with Crippen molar-refractivity contribution in [1.82, 2.24) is 4.72 Å². The number of ether oxygens (including phenoxy) is 2. The van der Waals surface area contributed by atoms with E-state index in [-0.39, 0.29) is 17.5 Å². The number of hydrogen-bond acceptors (Lipinski definition) is 6. The van der Waals surface area contributed by atoms with Crippen LogP contribution < -0.4 is 10.5 Å². The monoisotopic (exact) mass is 370 g/mol. The van der Waals surface area contributed by atoms with Crippen LogP contribution in [0.4, 0.5) is 0 Å². The van der Waals surface area contributed by atoms with Crippen molar-refractivity contribution in [3.05, 3.63) is 14.7 Å². The van der Waals surface area contributed by atoms with Gasteiger partial charge in [0.05, 0.1) is 29.7 Å². The maximum Gasteiger partial charge on any atom is 0.242 e. The van der Waals surface area contributed by atoms with Crippen LogP contribution in [0.15, 0.2) is 14.7 Å². The highest BCUT2D eigenvalue weighted by molar-refractivity contribution is 9.11. The molecule has 0 saturated carbocycles. The van der Waals surface area contributed by atoms with Crippen LogP contribution in [0.25, 0.3) is 0 Å². The van der Waals surface area contributed by atoms with Gasteiger partial charge in [-0.3, -0.25) is 0 Å². The normalized spacial score (nSPS) is 20.6. The minimum Gasteiger partial charge on any atom is -0.376 e. The summed E-state index contributed by atoms with van der Waals surface area (Å²) in [7, 11) is -3.56. The van der Waals surface area contributed by atoms with E-state index in [0.717, 1.165) is 4.88 Å². The molecule has 1 aliphatic rings. The van der Waals surface area contributed by atoms with Gasteiger partial charge in [0.15, 0.2) is 0 Å². The summed E-state index contributed by atoms with van der Waals surface area (Å²) in [6.07, 6.45) is -0.241. The van der Waals surface area contributed by atoms with E-state index in [2.05, 4.69) is 20.7 Å². The summed E-state index contributed by atoms with van der Waals surface area (Å²) in [5.74, 6) is 0. The van der Waals surface area contributed by atoms with Gasteiger partial charge in [-0.15, -0.1) is 11.3 Å². The lowest BCUT2D eigenvalue weighted by Crippen LogP contribution is -2.39. The zero-order valence-corrected chi connectivity index (χ0v) is 13.3. The van der Waals surface area contributed by atoms with Crippen LogP contribution in [0.5, 0.6) is 0 Å². The highest BCUT2D eigenvalue weighted by Gasteiger charge is 2.23. The third-order valence-corrected chi connectivity index (χ3v) is 6.28. The van der Waals surface area contributed by atoms with E-state index in [4.69, 9.17) is 15.2 Å². The van der Waals surface area contributed by atoms with Gasteiger partial charge in [0.1, 0.15) is 4.90 Å². The van der Waals surface area contributed by atoms with E-state index in [1.54, 1.807) is 6.07 Å². The Bertz CT molecular complexity index is 526. The van der Waals surface area contributed by atoms with Crippen molar-refractivity contribution in [2.45, 2.75) is 17.5 Å². The third-order valence-electron chi connectivity index (χ3n) is 2.58. The van der Waals surface area contributed by atoms with Crippen molar-refractivity contribution in [3.8, 4) is 0 Å². The SMILES string of the molecule is NCc1cc(S(=O)(=O)NCC2COCCO2)c(Br)s1. The van der Waals surface area contributed by atoms with Crippen LogP contribution in [0.3, 0.4) is 0 Å². The predicted molar refractivity (Wildman–Crippen MR) is 75.7 cm³/mol. The second-order valence-electron chi connectivity index (χ2n) is 3.97. The van der Waals surface area contributed by atoms with Crippen LogP contribution in [-0.2, 0) is 26.0 Å². The molecule has 1 aromatic heterocycles. The second-order valence-corrected chi connectivity index (χ2v) is 8.16. The van der Waals surface area contributed by atoms with Crippen LogP contribution in [-0.4, -0.2) is 40.9 Å². The van der Waals surface area contributed by atoms with Gasteiger partial charge in [-0.1, -0.05) is 0 Å². The number of nitrogens with one attached hydrogen (secondary N) is 1. The first-order chi connectivity index (χ1) is 9.03. The van der Waals surface area contributed by atoms with Crippen molar-refractivity contribution >= 4 is 37.3 Å². The fraction of sp³-hybridized carbons (Fsp3) is 0.600. The summed E-state index contributed by atoms with van der Waals surface area (Å²) < 4.78 is 38.0. The molecular weight excluding hydrogens is 356 g/mol. The van der Waals surface area contributed by atoms with E-state index < -0.39 is 10.0 Å². The lowest BCUT2D eigenvalue weighted by Gasteiger charge is -2.22. The second kappa shape index (κ2) is 6.61. The third kappa shape index (κ3) is 3.97. The standard InChI is InChI=1S/C10H15BrN2O4S2/c11-10-9(3-8(4-12)18-10)19(14,15)13-5-7-6-16-1-2-17-7/h3,7,13H,1-2,4-6,12H2. The highest BCUT2D eigenvalue weighted by atomic mass is 79.9. The molecule has 9 heteroatoms. The summed E-state index contributed by atoms with van der Waals surface area (Å²) in [6.45, 7) is 1.97. The molecule has 1 saturated heterocycles. The van der Waals surface area contributed by atoms with E-state index in [0.29, 0.717) is 30.2 Å². The quantitative estimate of drug-likeness (QED) is 0.794. The first-order valence-electron chi connectivity index (χ1n) is 5.70. The molecule has 6 nitrogen and oxygen atoms in total. The highest BCUT2D eigenvalue weighted by Crippen LogP contribution is 2.31. The smallest absolute Gasteiger partial charge is 0.242 e. The average molecular weight is 371 g/mol. The van der Waals surface area contributed by atoms with E-state index in [1.807, 2.05) is 0 Å². The molecule has 0 radical (unpaired) electrons. The molecule has 0 bridgehead atoms. The first-order valence-corrected chi connectivity index (χ1v) is 8.79. The zero-order chi connectivity index (χ0) is 13.9. The van der Waals surface area contributed by atoms with Gasteiger partial charge in [-0.05, 0) is 22.0 Å². The number of halogens is 1. The Morgan fingerprint density at radius 2 is 2.32 bits per heavy atom. The summed E-state index contributed by atoms with van der Waals surface area (Å²) in [4.78, 5) is 1.03. The molecule has 108 valence electrons. The zero-order valence-electron chi connectivity index (χ0n) is 10.1. The van der Waals surface area contributed by atoms with Crippen LogP contribution in [0.2, 0.25) is 0 Å². The maximum atomic E-state index is 12.2. The van der Waals surface area contributed by atoms with Gasteiger partial charge in [0.2, 0.25) is 10.0 Å². The van der Waals surface area contributed by atoms with Gasteiger partial charge in [0, 0.05) is 18.0 Å². The Labute approximate surface area is 124 Å². The summed E-state index contributed by atoms with van der Waals surface area (Å²) in [6, 6.07) is 1.58. The van der Waals surface area contributed by atoms with E-state index in [1.165, 1.54) is 11.3 Å². The summed E-state index contributed by atoms with van der Waals surface area (Å²) in [5, 5.41) is 0. The number of thiophene rings is 1. The maximum absolute atomic E-state index is 12.2. The molecule has 0 aliphatic carbocycles. The van der Waals surface area contributed by atoms with Crippen molar-refractivity contribution in [1.29, 1.82) is 0 Å². The molecule has 0 spiro atoms. The Morgan fingerprint density at radius 1 is 1.53 bits per heavy atom. The molecular formula is C10H15BrN2O4S2. The molecule has 1 aliphatic heterocycles. The molecule has 2 rings (SSSR count). The largest absolute Gasteiger partial charge is 0.376 e. The van der Waals surface area contributed by atoms with Gasteiger partial charge < -0.3 is 15.2 Å². The lowest BCUT2D eigenvalue weighted by atomic mass is 10.3. The predicted octanol–water partition coefficient (Wildman–Crippen LogP) is 0.663. The molecule has 2 heterocycles. The summed E-state index contributed by atoms with van der Waals surface area (Å²) >= 11 is 4.57. The number of nitrogens with two attached hydrogens (primary N) is 1. The lowest BCUT2D eigenvalue weighted by molar-refractivity contribution is -0.0846. The van der Waals surface area contributed by atoms with E-state index in [9.17, 15) is 8.42 Å². The van der Waals surface area contributed by atoms with Crippen LogP contribution in [0.1, 0.15) is 4.88 Å². The average Bonchev–Trinajstić information content (AvgIpc) is 2.80. The molecule has 0 amide bonds. The number of rotatable bonds is 5. The Morgan fingerprint density at radius 3 is 2.89 bits per heavy atom. The van der Waals surface area contributed by atoms with Crippen molar-refractivity contribution in [3.63, 3.8) is 0 Å². The minimum absolute atomic E-state index is 0.197. The minimum atomic E-state index is -3.56.